The summed E-state index contributed by atoms with van der Waals surface area (Å²) in [5, 5.41) is 8.80. The molecule has 5 nitrogen and oxygen atoms in total. The minimum atomic E-state index is -0.104. The number of hydrogen-bond donors (Lipinski definition) is 0. The molecule has 1 aromatic carbocycles. The van der Waals surface area contributed by atoms with E-state index in [-0.39, 0.29) is 12.0 Å². The van der Waals surface area contributed by atoms with Gasteiger partial charge in [-0.2, -0.15) is 5.26 Å². The molecule has 24 heavy (non-hydrogen) atoms. The van der Waals surface area contributed by atoms with Gasteiger partial charge in [-0.1, -0.05) is 30.3 Å². The Morgan fingerprint density at radius 2 is 2.12 bits per heavy atom. The number of hydrogen-bond acceptors (Lipinski definition) is 4. The highest BCUT2D eigenvalue weighted by molar-refractivity contribution is 5.92. The van der Waals surface area contributed by atoms with E-state index in [1.54, 1.807) is 17.0 Å². The summed E-state index contributed by atoms with van der Waals surface area (Å²) >= 11 is 0. The molecule has 5 heteroatoms. The van der Waals surface area contributed by atoms with Crippen molar-refractivity contribution in [2.45, 2.75) is 18.9 Å². The molecule has 1 amide bonds. The molecule has 1 fully saturated rings. The smallest absolute Gasteiger partial charge is 0.272 e. The molecule has 0 spiro atoms. The van der Waals surface area contributed by atoms with E-state index in [1.165, 1.54) is 11.8 Å². The van der Waals surface area contributed by atoms with Crippen LogP contribution in [0.1, 0.15) is 28.0 Å². The fourth-order valence-corrected chi connectivity index (χ4v) is 2.80. The van der Waals surface area contributed by atoms with Gasteiger partial charge in [0, 0.05) is 19.3 Å². The van der Waals surface area contributed by atoms with Crippen molar-refractivity contribution in [3.63, 3.8) is 0 Å². The van der Waals surface area contributed by atoms with Crippen LogP contribution in [0.5, 0.6) is 0 Å². The first-order valence-corrected chi connectivity index (χ1v) is 8.07. The van der Waals surface area contributed by atoms with Gasteiger partial charge in [0.05, 0.1) is 18.3 Å². The maximum absolute atomic E-state index is 12.5. The number of carbonyl (C=O) groups is 1. The van der Waals surface area contributed by atoms with Gasteiger partial charge in [0.25, 0.3) is 5.91 Å². The molecule has 1 aromatic heterocycles. The molecule has 1 atom stereocenters. The molecule has 1 aliphatic rings. The number of benzene rings is 1. The topological polar surface area (TPSA) is 66.2 Å². The van der Waals surface area contributed by atoms with Crippen LogP contribution >= 0.6 is 0 Å². The Hall–Kier alpha value is -2.71. The molecule has 2 heterocycles. The average Bonchev–Trinajstić information content (AvgIpc) is 2.67. The third kappa shape index (κ3) is 3.98. The number of aromatic nitrogens is 1. The molecule has 2 aromatic rings. The standard InChI is InChI=1S/C19H19N3O2/c20-12-16-7-9-18(21-13-16)19(23)22-10-11-24-17(14-22)8-6-15-4-2-1-3-5-15/h1-5,7,9,13,17H,6,8,10-11,14H2/t17-/m0/s1. The van der Waals surface area contributed by atoms with Crippen molar-refractivity contribution in [3.05, 3.63) is 65.5 Å². The lowest BCUT2D eigenvalue weighted by molar-refractivity contribution is -0.0247. The number of ether oxygens (including phenoxy) is 1. The summed E-state index contributed by atoms with van der Waals surface area (Å²) in [6.45, 7) is 1.69. The molecule has 0 unspecified atom stereocenters. The fourth-order valence-electron chi connectivity index (χ4n) is 2.80. The lowest BCUT2D eigenvalue weighted by Gasteiger charge is -2.32. The van der Waals surface area contributed by atoms with Crippen LogP contribution in [0, 0.1) is 11.3 Å². The maximum atomic E-state index is 12.5. The zero-order valence-electron chi connectivity index (χ0n) is 13.4. The largest absolute Gasteiger partial charge is 0.375 e. The van der Waals surface area contributed by atoms with E-state index >= 15 is 0 Å². The van der Waals surface area contributed by atoms with E-state index in [9.17, 15) is 4.79 Å². The number of morpholine rings is 1. The number of pyridine rings is 1. The molecule has 122 valence electrons. The van der Waals surface area contributed by atoms with Crippen molar-refractivity contribution in [1.29, 1.82) is 5.26 Å². The minimum Gasteiger partial charge on any atom is -0.375 e. The summed E-state index contributed by atoms with van der Waals surface area (Å²) in [6, 6.07) is 15.5. The molecule has 0 saturated carbocycles. The number of aryl methyl sites for hydroxylation is 1. The van der Waals surface area contributed by atoms with Crippen molar-refractivity contribution in [2.75, 3.05) is 19.7 Å². The number of nitrogens with zero attached hydrogens (tertiary/aromatic N) is 3. The number of nitriles is 1. The van der Waals surface area contributed by atoms with Gasteiger partial charge < -0.3 is 9.64 Å². The van der Waals surface area contributed by atoms with Gasteiger partial charge in [-0.05, 0) is 30.5 Å². The Morgan fingerprint density at radius 1 is 1.29 bits per heavy atom. The molecule has 1 aliphatic heterocycles. The summed E-state index contributed by atoms with van der Waals surface area (Å²) in [4.78, 5) is 18.4. The highest BCUT2D eigenvalue weighted by atomic mass is 16.5. The van der Waals surface area contributed by atoms with Gasteiger partial charge in [0.1, 0.15) is 11.8 Å². The second-order valence-electron chi connectivity index (χ2n) is 5.81. The van der Waals surface area contributed by atoms with Crippen molar-refractivity contribution < 1.29 is 9.53 Å². The number of rotatable bonds is 4. The van der Waals surface area contributed by atoms with Gasteiger partial charge in [-0.3, -0.25) is 4.79 Å². The predicted octanol–water partition coefficient (Wildman–Crippen LogP) is 2.43. The average molecular weight is 321 g/mol. The highest BCUT2D eigenvalue weighted by Crippen LogP contribution is 2.14. The van der Waals surface area contributed by atoms with Gasteiger partial charge >= 0.3 is 0 Å². The van der Waals surface area contributed by atoms with Gasteiger partial charge in [0.15, 0.2) is 0 Å². The van der Waals surface area contributed by atoms with Crippen molar-refractivity contribution in [3.8, 4) is 6.07 Å². The van der Waals surface area contributed by atoms with E-state index in [0.29, 0.717) is 31.0 Å². The second-order valence-corrected chi connectivity index (χ2v) is 5.81. The van der Waals surface area contributed by atoms with Crippen LogP contribution in [-0.4, -0.2) is 41.6 Å². The van der Waals surface area contributed by atoms with Crippen LogP contribution in [0.15, 0.2) is 48.7 Å². The first-order chi connectivity index (χ1) is 11.8. The maximum Gasteiger partial charge on any atom is 0.272 e. The number of carbonyl (C=O) groups excluding carboxylic acids is 1. The summed E-state index contributed by atoms with van der Waals surface area (Å²) in [5.74, 6) is -0.104. The Morgan fingerprint density at radius 3 is 2.83 bits per heavy atom. The zero-order valence-corrected chi connectivity index (χ0v) is 13.4. The Bertz CT molecular complexity index is 723. The monoisotopic (exact) mass is 321 g/mol. The number of amides is 1. The van der Waals surface area contributed by atoms with Crippen molar-refractivity contribution >= 4 is 5.91 Å². The summed E-state index contributed by atoms with van der Waals surface area (Å²) < 4.78 is 5.80. The van der Waals surface area contributed by atoms with Crippen molar-refractivity contribution in [2.24, 2.45) is 0 Å². The van der Waals surface area contributed by atoms with E-state index < -0.39 is 0 Å². The summed E-state index contributed by atoms with van der Waals surface area (Å²) in [5.41, 5.74) is 2.10. The molecule has 1 saturated heterocycles. The summed E-state index contributed by atoms with van der Waals surface area (Å²) in [7, 11) is 0. The molecule has 0 N–H and O–H groups in total. The normalized spacial score (nSPS) is 17.3. The van der Waals surface area contributed by atoms with Gasteiger partial charge in [-0.25, -0.2) is 4.98 Å². The third-order valence-electron chi connectivity index (χ3n) is 4.14. The third-order valence-corrected chi connectivity index (χ3v) is 4.14. The van der Waals surface area contributed by atoms with Crippen LogP contribution in [0.4, 0.5) is 0 Å². The zero-order chi connectivity index (χ0) is 16.8. The Balaban J connectivity index is 1.58. The van der Waals surface area contributed by atoms with E-state index in [2.05, 4.69) is 17.1 Å². The van der Waals surface area contributed by atoms with Crippen LogP contribution in [-0.2, 0) is 11.2 Å². The lowest BCUT2D eigenvalue weighted by atomic mass is 10.1. The fraction of sp³-hybridized carbons (Fsp3) is 0.316. The Kier molecular flexibility index (Phi) is 5.19. The van der Waals surface area contributed by atoms with E-state index in [4.69, 9.17) is 10.00 Å². The van der Waals surface area contributed by atoms with Crippen LogP contribution in [0.2, 0.25) is 0 Å². The van der Waals surface area contributed by atoms with Crippen molar-refractivity contribution in [1.82, 2.24) is 9.88 Å². The van der Waals surface area contributed by atoms with Gasteiger partial charge in [0.2, 0.25) is 0 Å². The first kappa shape index (κ1) is 16.2. The van der Waals surface area contributed by atoms with E-state index in [1.807, 2.05) is 24.3 Å². The molecule has 0 bridgehead atoms. The molecular formula is C19H19N3O2. The molecule has 0 aliphatic carbocycles. The van der Waals surface area contributed by atoms with Crippen LogP contribution < -0.4 is 0 Å². The molecular weight excluding hydrogens is 302 g/mol. The Labute approximate surface area is 141 Å². The lowest BCUT2D eigenvalue weighted by Crippen LogP contribution is -2.46. The quantitative estimate of drug-likeness (QED) is 0.867. The first-order valence-electron chi connectivity index (χ1n) is 8.07. The summed E-state index contributed by atoms with van der Waals surface area (Å²) in [6.07, 6.45) is 3.29. The SMILES string of the molecule is N#Cc1ccc(C(=O)N2CCO[C@@H](CCc3ccccc3)C2)nc1. The molecule has 0 radical (unpaired) electrons. The van der Waals surface area contributed by atoms with Crippen LogP contribution in [0.25, 0.3) is 0 Å². The van der Waals surface area contributed by atoms with E-state index in [0.717, 1.165) is 12.8 Å². The van der Waals surface area contributed by atoms with Gasteiger partial charge in [-0.15, -0.1) is 0 Å². The molecule has 3 rings (SSSR count). The predicted molar refractivity (Wildman–Crippen MR) is 89.4 cm³/mol. The second kappa shape index (κ2) is 7.71. The highest BCUT2D eigenvalue weighted by Gasteiger charge is 2.25. The minimum absolute atomic E-state index is 0.0429. The van der Waals surface area contributed by atoms with Crippen LogP contribution in [0.3, 0.4) is 0 Å².